The summed E-state index contributed by atoms with van der Waals surface area (Å²) in [6.07, 6.45) is 4.98. The van der Waals surface area contributed by atoms with Gasteiger partial charge in [-0.2, -0.15) is 0 Å². The van der Waals surface area contributed by atoms with Gasteiger partial charge in [-0.1, -0.05) is 19.9 Å². The molecule has 3 heterocycles. The summed E-state index contributed by atoms with van der Waals surface area (Å²) in [5.41, 5.74) is 5.63. The predicted octanol–water partition coefficient (Wildman–Crippen LogP) is 6.19. The van der Waals surface area contributed by atoms with E-state index in [1.807, 2.05) is 12.1 Å². The lowest BCUT2D eigenvalue weighted by molar-refractivity contribution is 0.0912. The number of hydrogen-bond donors (Lipinski definition) is 2. The Kier molecular flexibility index (Phi) is 3.88. The molecule has 0 bridgehead atoms. The fraction of sp³-hybridized carbons (Fsp3) is 0.217. The summed E-state index contributed by atoms with van der Waals surface area (Å²) in [5, 5.41) is 6.89. The smallest absolute Gasteiger partial charge is 0.167 e. The van der Waals surface area contributed by atoms with Gasteiger partial charge in [0.05, 0.1) is 16.9 Å². The Bertz CT molecular complexity index is 1190. The van der Waals surface area contributed by atoms with E-state index < -0.39 is 0 Å². The van der Waals surface area contributed by atoms with E-state index in [9.17, 15) is 4.79 Å². The van der Waals surface area contributed by atoms with Crippen molar-refractivity contribution in [3.63, 3.8) is 0 Å². The number of anilines is 2. The Balaban J connectivity index is 1.66. The average Bonchev–Trinajstić information content (AvgIpc) is 3.26. The monoisotopic (exact) mass is 387 g/mol. The zero-order valence-electron chi connectivity index (χ0n) is 15.9. The Hall–Kier alpha value is -2.92. The van der Waals surface area contributed by atoms with Gasteiger partial charge in [-0.15, -0.1) is 11.3 Å². The van der Waals surface area contributed by atoms with Gasteiger partial charge in [0.1, 0.15) is 0 Å². The summed E-state index contributed by atoms with van der Waals surface area (Å²) < 4.78 is 1.23. The van der Waals surface area contributed by atoms with Crippen LogP contribution in [-0.4, -0.2) is 15.8 Å². The third-order valence-corrected chi connectivity index (χ3v) is 6.23. The Morgan fingerprint density at radius 1 is 1.11 bits per heavy atom. The molecule has 0 atom stereocenters. The van der Waals surface area contributed by atoms with Gasteiger partial charge in [0.15, 0.2) is 5.78 Å². The van der Waals surface area contributed by atoms with E-state index in [1.54, 1.807) is 23.7 Å². The highest BCUT2D eigenvalue weighted by atomic mass is 32.1. The molecular weight excluding hydrogens is 366 g/mol. The molecule has 0 saturated heterocycles. The second kappa shape index (κ2) is 6.31. The quantitative estimate of drug-likeness (QED) is 0.441. The molecular formula is C23H21N3OS. The number of Topliss-reactive ketones (excluding diaryl/α,β-unsaturated/α-hetero) is 1. The van der Waals surface area contributed by atoms with Gasteiger partial charge in [0.25, 0.3) is 0 Å². The number of ketones is 1. The van der Waals surface area contributed by atoms with Gasteiger partial charge < -0.3 is 10.3 Å². The van der Waals surface area contributed by atoms with Gasteiger partial charge in [-0.25, -0.2) is 0 Å². The Morgan fingerprint density at radius 3 is 2.75 bits per heavy atom. The van der Waals surface area contributed by atoms with Gasteiger partial charge >= 0.3 is 0 Å². The van der Waals surface area contributed by atoms with Crippen molar-refractivity contribution in [2.24, 2.45) is 5.41 Å². The number of thiophene rings is 1. The zero-order valence-corrected chi connectivity index (χ0v) is 16.7. The number of H-pyrrole nitrogens is 1. The highest BCUT2D eigenvalue weighted by Crippen LogP contribution is 2.43. The molecule has 3 aromatic heterocycles. The van der Waals surface area contributed by atoms with Gasteiger partial charge in [0.2, 0.25) is 0 Å². The van der Waals surface area contributed by atoms with Crippen LogP contribution in [0.3, 0.4) is 0 Å². The minimum atomic E-state index is -0.0302. The molecule has 5 rings (SSSR count). The standard InChI is InChI=1S/C23H21N3OS/c1-23(2)12-17-20(18(27)13-23)22(21(26-17)15-5-8-24-9-6-15)25-16-4-3-14-7-10-28-19(14)11-16/h3-11,25-26H,12-13H2,1-2H3. The molecule has 0 amide bonds. The molecule has 0 aliphatic heterocycles. The summed E-state index contributed by atoms with van der Waals surface area (Å²) in [5.74, 6) is 0.197. The number of aromatic amines is 1. The number of nitrogens with one attached hydrogen (secondary N) is 2. The highest BCUT2D eigenvalue weighted by Gasteiger charge is 2.35. The molecule has 5 heteroatoms. The number of carbonyl (C=O) groups excluding carboxylic acids is 1. The van der Waals surface area contributed by atoms with Crippen molar-refractivity contribution in [1.82, 2.24) is 9.97 Å². The lowest BCUT2D eigenvalue weighted by atomic mass is 9.76. The van der Waals surface area contributed by atoms with Crippen LogP contribution in [0.5, 0.6) is 0 Å². The number of benzene rings is 1. The fourth-order valence-electron chi connectivity index (χ4n) is 4.09. The number of carbonyl (C=O) groups is 1. The third kappa shape index (κ3) is 2.92. The number of aromatic nitrogens is 2. The molecule has 0 radical (unpaired) electrons. The van der Waals surface area contributed by atoms with E-state index in [-0.39, 0.29) is 11.2 Å². The predicted molar refractivity (Wildman–Crippen MR) is 116 cm³/mol. The first-order valence-corrected chi connectivity index (χ1v) is 10.3. The molecule has 2 N–H and O–H groups in total. The fourth-order valence-corrected chi connectivity index (χ4v) is 4.92. The molecule has 0 saturated carbocycles. The summed E-state index contributed by atoms with van der Waals surface area (Å²) in [6.45, 7) is 4.30. The van der Waals surface area contributed by atoms with E-state index >= 15 is 0 Å². The summed E-state index contributed by atoms with van der Waals surface area (Å²) >= 11 is 1.72. The molecule has 1 aromatic carbocycles. The van der Waals surface area contributed by atoms with Crippen LogP contribution in [0.15, 0.2) is 54.2 Å². The number of fused-ring (bicyclic) bond motifs is 2. The third-order valence-electron chi connectivity index (χ3n) is 5.35. The van der Waals surface area contributed by atoms with Crippen molar-refractivity contribution < 1.29 is 4.79 Å². The largest absolute Gasteiger partial charge is 0.356 e. The SMILES string of the molecule is CC1(C)CC(=O)c2c([nH]c(-c3ccncc3)c2Nc2ccc3ccsc3c2)C1. The molecule has 28 heavy (non-hydrogen) atoms. The van der Waals surface area contributed by atoms with Gasteiger partial charge in [0, 0.05) is 40.5 Å². The molecule has 140 valence electrons. The minimum absolute atomic E-state index is 0.0302. The molecule has 0 fully saturated rings. The van der Waals surface area contributed by atoms with E-state index in [0.29, 0.717) is 6.42 Å². The van der Waals surface area contributed by atoms with Crippen molar-refractivity contribution in [2.75, 3.05) is 5.32 Å². The lowest BCUT2D eigenvalue weighted by Gasteiger charge is -2.28. The first-order chi connectivity index (χ1) is 13.5. The van der Waals surface area contributed by atoms with Crippen LogP contribution in [0.2, 0.25) is 0 Å². The van der Waals surface area contributed by atoms with Crippen LogP contribution in [0, 0.1) is 5.41 Å². The summed E-state index contributed by atoms with van der Waals surface area (Å²) in [6, 6.07) is 12.4. The van der Waals surface area contributed by atoms with Crippen molar-refractivity contribution in [3.05, 3.63) is 65.4 Å². The van der Waals surface area contributed by atoms with E-state index in [2.05, 4.69) is 58.8 Å². The first kappa shape index (κ1) is 17.2. The molecule has 4 nitrogen and oxygen atoms in total. The molecule has 0 unspecified atom stereocenters. The number of hydrogen-bond acceptors (Lipinski definition) is 4. The normalized spacial score (nSPS) is 15.6. The minimum Gasteiger partial charge on any atom is -0.356 e. The van der Waals surface area contributed by atoms with Crippen LogP contribution >= 0.6 is 11.3 Å². The highest BCUT2D eigenvalue weighted by molar-refractivity contribution is 7.17. The van der Waals surface area contributed by atoms with E-state index in [4.69, 9.17) is 0 Å². The van der Waals surface area contributed by atoms with Crippen LogP contribution < -0.4 is 5.32 Å². The maximum atomic E-state index is 13.1. The van der Waals surface area contributed by atoms with E-state index in [0.717, 1.165) is 40.3 Å². The Labute approximate surface area is 167 Å². The number of pyridine rings is 1. The number of rotatable bonds is 3. The summed E-state index contributed by atoms with van der Waals surface area (Å²) in [7, 11) is 0. The lowest BCUT2D eigenvalue weighted by Crippen LogP contribution is -2.26. The van der Waals surface area contributed by atoms with Crippen LogP contribution in [-0.2, 0) is 6.42 Å². The van der Waals surface area contributed by atoms with Crippen molar-refractivity contribution in [3.8, 4) is 11.3 Å². The van der Waals surface area contributed by atoms with E-state index in [1.165, 1.54) is 10.1 Å². The van der Waals surface area contributed by atoms with Crippen LogP contribution in [0.25, 0.3) is 21.3 Å². The maximum absolute atomic E-state index is 13.1. The van der Waals surface area contributed by atoms with Crippen molar-refractivity contribution >= 4 is 38.6 Å². The topological polar surface area (TPSA) is 57.8 Å². The molecule has 1 aliphatic carbocycles. The second-order valence-corrected chi connectivity index (χ2v) is 9.15. The summed E-state index contributed by atoms with van der Waals surface area (Å²) in [4.78, 5) is 20.7. The zero-order chi connectivity index (χ0) is 19.3. The maximum Gasteiger partial charge on any atom is 0.167 e. The molecule has 1 aliphatic rings. The van der Waals surface area contributed by atoms with Crippen molar-refractivity contribution in [2.45, 2.75) is 26.7 Å². The average molecular weight is 388 g/mol. The van der Waals surface area contributed by atoms with Gasteiger partial charge in [-0.05, 0) is 52.9 Å². The van der Waals surface area contributed by atoms with Crippen molar-refractivity contribution in [1.29, 1.82) is 0 Å². The van der Waals surface area contributed by atoms with Crippen LogP contribution in [0.1, 0.15) is 36.3 Å². The van der Waals surface area contributed by atoms with Gasteiger partial charge in [-0.3, -0.25) is 9.78 Å². The van der Waals surface area contributed by atoms with Crippen LogP contribution in [0.4, 0.5) is 11.4 Å². The Morgan fingerprint density at radius 2 is 1.93 bits per heavy atom. The molecule has 4 aromatic rings. The first-order valence-electron chi connectivity index (χ1n) is 9.43. The second-order valence-electron chi connectivity index (χ2n) is 8.20. The molecule has 0 spiro atoms. The number of nitrogens with zero attached hydrogens (tertiary/aromatic N) is 1.